The summed E-state index contributed by atoms with van der Waals surface area (Å²) in [6.07, 6.45) is -1.19. The molecule has 1 aromatic rings. The van der Waals surface area contributed by atoms with Crippen molar-refractivity contribution in [2.24, 2.45) is 5.73 Å². The fourth-order valence-electron chi connectivity index (χ4n) is 1.09. The molecule has 0 fully saturated rings. The second kappa shape index (κ2) is 5.76. The molecule has 0 spiro atoms. The van der Waals surface area contributed by atoms with Crippen LogP contribution >= 0.6 is 0 Å². The van der Waals surface area contributed by atoms with Crippen molar-refractivity contribution in [1.82, 2.24) is 5.32 Å². The summed E-state index contributed by atoms with van der Waals surface area (Å²) in [7, 11) is 0. The Hall–Kier alpha value is -2.44. The number of urea groups is 1. The molecule has 96 valence electrons. The highest BCUT2D eigenvalue weighted by Crippen LogP contribution is 2.06. The molecule has 1 rings (SSSR count). The van der Waals surface area contributed by atoms with E-state index in [1.807, 2.05) is 0 Å². The van der Waals surface area contributed by atoms with Crippen molar-refractivity contribution in [1.29, 1.82) is 0 Å². The molecule has 0 aliphatic rings. The third-order valence-corrected chi connectivity index (χ3v) is 1.98. The number of carbonyl (C=O) groups excluding carboxylic acids is 3. The molecule has 0 aliphatic carbocycles. The van der Waals surface area contributed by atoms with Crippen LogP contribution in [0.5, 0.6) is 0 Å². The molecule has 7 heteroatoms. The molecule has 0 unspecified atom stereocenters. The molecule has 3 amide bonds. The van der Waals surface area contributed by atoms with Gasteiger partial charge < -0.3 is 10.5 Å². The summed E-state index contributed by atoms with van der Waals surface area (Å²) in [5.41, 5.74) is 4.83. The average Bonchev–Trinajstić information content (AvgIpc) is 2.28. The van der Waals surface area contributed by atoms with Gasteiger partial charge in [-0.3, -0.25) is 10.1 Å². The van der Waals surface area contributed by atoms with Gasteiger partial charge in [0.2, 0.25) is 0 Å². The standard InChI is InChI=1S/C11H11FN2O4/c1-6(9(15)14-11(13)17)18-10(16)7-2-4-8(12)5-3-7/h2-6H,1H3,(H3,13,14,15,17)/t6-/m0/s1. The first-order chi connectivity index (χ1) is 8.40. The third-order valence-electron chi connectivity index (χ3n) is 1.98. The monoisotopic (exact) mass is 254 g/mol. The number of hydrogen-bond acceptors (Lipinski definition) is 4. The highest BCUT2D eigenvalue weighted by atomic mass is 19.1. The minimum atomic E-state index is -1.19. The molecule has 0 radical (unpaired) electrons. The number of nitrogens with one attached hydrogen (secondary N) is 1. The van der Waals surface area contributed by atoms with E-state index < -0.39 is 29.8 Å². The van der Waals surface area contributed by atoms with Crippen LogP contribution in [0.1, 0.15) is 17.3 Å². The van der Waals surface area contributed by atoms with Crippen LogP contribution in [0.3, 0.4) is 0 Å². The Morgan fingerprint density at radius 2 is 1.83 bits per heavy atom. The van der Waals surface area contributed by atoms with Crippen LogP contribution in [-0.2, 0) is 9.53 Å². The van der Waals surface area contributed by atoms with E-state index in [-0.39, 0.29) is 5.56 Å². The van der Waals surface area contributed by atoms with Crippen molar-refractivity contribution in [2.75, 3.05) is 0 Å². The predicted molar refractivity (Wildman–Crippen MR) is 59.0 cm³/mol. The lowest BCUT2D eigenvalue weighted by Crippen LogP contribution is -2.42. The number of hydrogen-bond donors (Lipinski definition) is 2. The number of rotatable bonds is 3. The number of ether oxygens (including phenoxy) is 1. The smallest absolute Gasteiger partial charge is 0.338 e. The summed E-state index contributed by atoms with van der Waals surface area (Å²) in [6.45, 7) is 1.28. The zero-order chi connectivity index (χ0) is 13.7. The Morgan fingerprint density at radius 1 is 1.28 bits per heavy atom. The first-order valence-electron chi connectivity index (χ1n) is 4.97. The van der Waals surface area contributed by atoms with Crippen LogP contribution in [0.2, 0.25) is 0 Å². The predicted octanol–water partition coefficient (Wildman–Crippen LogP) is 0.566. The van der Waals surface area contributed by atoms with Gasteiger partial charge in [0.15, 0.2) is 6.10 Å². The molecule has 0 aliphatic heterocycles. The van der Waals surface area contributed by atoms with Gasteiger partial charge in [0.1, 0.15) is 5.82 Å². The second-order valence-electron chi connectivity index (χ2n) is 3.41. The van der Waals surface area contributed by atoms with Gasteiger partial charge in [-0.05, 0) is 31.2 Å². The second-order valence-corrected chi connectivity index (χ2v) is 3.41. The van der Waals surface area contributed by atoms with Gasteiger partial charge in [0.05, 0.1) is 5.56 Å². The molecular weight excluding hydrogens is 243 g/mol. The van der Waals surface area contributed by atoms with Crippen molar-refractivity contribution < 1.29 is 23.5 Å². The Balaban J connectivity index is 2.62. The summed E-state index contributed by atoms with van der Waals surface area (Å²) < 4.78 is 17.4. The van der Waals surface area contributed by atoms with Gasteiger partial charge in [-0.25, -0.2) is 14.0 Å². The summed E-state index contributed by atoms with van der Waals surface area (Å²) in [5, 5.41) is 1.77. The van der Waals surface area contributed by atoms with Crippen LogP contribution in [0.25, 0.3) is 0 Å². The van der Waals surface area contributed by atoms with Gasteiger partial charge in [-0.2, -0.15) is 0 Å². The van der Waals surface area contributed by atoms with Crippen LogP contribution < -0.4 is 11.1 Å². The largest absolute Gasteiger partial charge is 0.449 e. The van der Waals surface area contributed by atoms with Gasteiger partial charge in [-0.15, -0.1) is 0 Å². The fraction of sp³-hybridized carbons (Fsp3) is 0.182. The van der Waals surface area contributed by atoms with Crippen LogP contribution in [-0.4, -0.2) is 24.0 Å². The maximum atomic E-state index is 12.6. The fourth-order valence-corrected chi connectivity index (χ4v) is 1.09. The molecule has 6 nitrogen and oxygen atoms in total. The van der Waals surface area contributed by atoms with E-state index in [2.05, 4.69) is 0 Å². The molecule has 3 N–H and O–H groups in total. The Kier molecular flexibility index (Phi) is 4.36. The third kappa shape index (κ3) is 3.85. The molecular formula is C11H11FN2O4. The molecule has 0 saturated heterocycles. The summed E-state index contributed by atoms with van der Waals surface area (Å²) in [4.78, 5) is 33.2. The molecule has 1 aromatic carbocycles. The van der Waals surface area contributed by atoms with E-state index in [0.29, 0.717) is 0 Å². The molecule has 18 heavy (non-hydrogen) atoms. The lowest BCUT2D eigenvalue weighted by atomic mass is 10.2. The van der Waals surface area contributed by atoms with E-state index in [4.69, 9.17) is 10.5 Å². The van der Waals surface area contributed by atoms with Crippen LogP contribution in [0.15, 0.2) is 24.3 Å². The molecule has 0 heterocycles. The van der Waals surface area contributed by atoms with Crippen molar-refractivity contribution in [3.8, 4) is 0 Å². The normalized spacial score (nSPS) is 11.4. The van der Waals surface area contributed by atoms with Crippen molar-refractivity contribution in [3.05, 3.63) is 35.6 Å². The first-order valence-corrected chi connectivity index (χ1v) is 4.97. The maximum absolute atomic E-state index is 12.6. The Morgan fingerprint density at radius 3 is 2.33 bits per heavy atom. The van der Waals surface area contributed by atoms with E-state index in [1.54, 1.807) is 5.32 Å². The maximum Gasteiger partial charge on any atom is 0.338 e. The average molecular weight is 254 g/mol. The summed E-state index contributed by atoms with van der Waals surface area (Å²) in [5.74, 6) is -2.13. The SMILES string of the molecule is C[C@H](OC(=O)c1ccc(F)cc1)C(=O)NC(N)=O. The van der Waals surface area contributed by atoms with E-state index >= 15 is 0 Å². The van der Waals surface area contributed by atoms with Crippen molar-refractivity contribution >= 4 is 17.9 Å². The zero-order valence-corrected chi connectivity index (χ0v) is 9.48. The number of esters is 1. The number of primary amides is 1. The van der Waals surface area contributed by atoms with Gasteiger partial charge in [-0.1, -0.05) is 0 Å². The lowest BCUT2D eigenvalue weighted by Gasteiger charge is -2.11. The molecule has 0 bridgehead atoms. The number of carbonyl (C=O) groups is 3. The Bertz CT molecular complexity index is 472. The van der Waals surface area contributed by atoms with Crippen molar-refractivity contribution in [3.63, 3.8) is 0 Å². The van der Waals surface area contributed by atoms with E-state index in [9.17, 15) is 18.8 Å². The summed E-state index contributed by atoms with van der Waals surface area (Å²) in [6, 6.07) is 3.58. The van der Waals surface area contributed by atoms with Crippen LogP contribution in [0.4, 0.5) is 9.18 Å². The Labute approximate surface area is 102 Å². The van der Waals surface area contributed by atoms with Gasteiger partial charge >= 0.3 is 12.0 Å². The topological polar surface area (TPSA) is 98.5 Å². The number of imide groups is 1. The van der Waals surface area contributed by atoms with Gasteiger partial charge in [0.25, 0.3) is 5.91 Å². The number of halogens is 1. The number of benzene rings is 1. The van der Waals surface area contributed by atoms with E-state index in [1.165, 1.54) is 19.1 Å². The highest BCUT2D eigenvalue weighted by molar-refractivity contribution is 5.97. The minimum Gasteiger partial charge on any atom is -0.449 e. The van der Waals surface area contributed by atoms with Gasteiger partial charge in [0, 0.05) is 0 Å². The van der Waals surface area contributed by atoms with Crippen molar-refractivity contribution in [2.45, 2.75) is 13.0 Å². The summed E-state index contributed by atoms with van der Waals surface area (Å²) >= 11 is 0. The highest BCUT2D eigenvalue weighted by Gasteiger charge is 2.19. The quantitative estimate of drug-likeness (QED) is 0.770. The van der Waals surface area contributed by atoms with E-state index in [0.717, 1.165) is 12.1 Å². The zero-order valence-electron chi connectivity index (χ0n) is 9.48. The number of nitrogens with two attached hydrogens (primary N) is 1. The lowest BCUT2D eigenvalue weighted by molar-refractivity contribution is -0.127. The first kappa shape index (κ1) is 13.6. The number of amides is 3. The molecule has 0 aromatic heterocycles. The molecule has 0 saturated carbocycles. The minimum absolute atomic E-state index is 0.0927. The molecule has 1 atom stereocenters. The van der Waals surface area contributed by atoms with Crippen LogP contribution in [0, 0.1) is 5.82 Å².